The highest BCUT2D eigenvalue weighted by molar-refractivity contribution is 8.27. The number of carboxylic acid groups (broad SMARTS) is 1. The first-order valence-electron chi connectivity index (χ1n) is 8.41. The molecule has 1 amide bonds. The minimum Gasteiger partial charge on any atom is -0.493 e. The van der Waals surface area contributed by atoms with E-state index < -0.39 is 12.1 Å². The van der Waals surface area contributed by atoms with Crippen molar-refractivity contribution in [3.63, 3.8) is 0 Å². The summed E-state index contributed by atoms with van der Waals surface area (Å²) in [4.78, 5) is 25.7. The molecular formula is C20H16ClNO5S2. The zero-order chi connectivity index (χ0) is 21.1. The number of carbonyl (C=O) groups is 2. The molecule has 1 fully saturated rings. The van der Waals surface area contributed by atoms with E-state index in [0.717, 1.165) is 0 Å². The largest absolute Gasteiger partial charge is 0.493 e. The van der Waals surface area contributed by atoms with Crippen molar-refractivity contribution in [1.82, 2.24) is 0 Å². The van der Waals surface area contributed by atoms with E-state index >= 15 is 0 Å². The van der Waals surface area contributed by atoms with Gasteiger partial charge in [0.05, 0.1) is 22.7 Å². The zero-order valence-corrected chi connectivity index (χ0v) is 17.8. The van der Waals surface area contributed by atoms with Gasteiger partial charge in [0.25, 0.3) is 5.91 Å². The van der Waals surface area contributed by atoms with Crippen LogP contribution in [0.25, 0.3) is 6.08 Å². The van der Waals surface area contributed by atoms with Gasteiger partial charge in [0.1, 0.15) is 0 Å². The number of hydrogen-bond acceptors (Lipinski definition) is 6. The highest BCUT2D eigenvalue weighted by atomic mass is 35.5. The number of halogens is 1. The van der Waals surface area contributed by atoms with E-state index in [2.05, 4.69) is 0 Å². The maximum absolute atomic E-state index is 12.9. The van der Waals surface area contributed by atoms with Crippen molar-refractivity contribution in [1.29, 1.82) is 0 Å². The summed E-state index contributed by atoms with van der Waals surface area (Å²) in [5.41, 5.74) is 1.21. The summed E-state index contributed by atoms with van der Waals surface area (Å²) in [6.45, 7) is 1.43. The van der Waals surface area contributed by atoms with E-state index in [1.165, 1.54) is 30.7 Å². The normalized spacial score (nSPS) is 16.2. The minimum absolute atomic E-state index is 0.271. The first-order valence-corrected chi connectivity index (χ1v) is 10.0. The molecule has 6 nitrogen and oxygen atoms in total. The molecule has 3 rings (SSSR count). The van der Waals surface area contributed by atoms with Gasteiger partial charge in [-0.2, -0.15) is 0 Å². The van der Waals surface area contributed by atoms with E-state index in [1.54, 1.807) is 48.5 Å². The van der Waals surface area contributed by atoms with Crippen molar-refractivity contribution in [2.24, 2.45) is 0 Å². The lowest BCUT2D eigenvalue weighted by atomic mass is 10.1. The van der Waals surface area contributed by atoms with E-state index in [4.69, 9.17) is 38.4 Å². The molecule has 2 aromatic rings. The van der Waals surface area contributed by atoms with Crippen LogP contribution >= 0.6 is 35.6 Å². The summed E-state index contributed by atoms with van der Waals surface area (Å²) >= 11 is 12.7. The Balaban J connectivity index is 1.88. The van der Waals surface area contributed by atoms with Crippen molar-refractivity contribution >= 4 is 63.5 Å². The molecule has 1 heterocycles. The SMILES string of the molecule is COc1cc(/C=C2/SC(=S)N(c3ccccc3Cl)C2=O)ccc1OC(C)C(=O)O. The molecule has 9 heteroatoms. The predicted octanol–water partition coefficient (Wildman–Crippen LogP) is 4.61. The van der Waals surface area contributed by atoms with Gasteiger partial charge in [0, 0.05) is 0 Å². The Labute approximate surface area is 182 Å². The molecule has 1 N–H and O–H groups in total. The van der Waals surface area contributed by atoms with Crippen LogP contribution in [0.2, 0.25) is 5.02 Å². The Bertz CT molecular complexity index is 1020. The number of anilines is 1. The number of rotatable bonds is 6. The zero-order valence-electron chi connectivity index (χ0n) is 15.4. The summed E-state index contributed by atoms with van der Waals surface area (Å²) in [5, 5.41) is 9.43. The lowest BCUT2D eigenvalue weighted by molar-refractivity contribution is -0.144. The minimum atomic E-state index is -1.08. The van der Waals surface area contributed by atoms with Gasteiger partial charge in [0.2, 0.25) is 0 Å². The van der Waals surface area contributed by atoms with Gasteiger partial charge < -0.3 is 14.6 Å². The number of aliphatic carboxylic acids is 1. The topological polar surface area (TPSA) is 76.1 Å². The third kappa shape index (κ3) is 4.55. The second-order valence-corrected chi connectivity index (χ2v) is 8.06. The fraction of sp³-hybridized carbons (Fsp3) is 0.150. The van der Waals surface area contributed by atoms with Crippen molar-refractivity contribution < 1.29 is 24.2 Å². The molecule has 150 valence electrons. The van der Waals surface area contributed by atoms with Crippen LogP contribution in [-0.4, -0.2) is 34.5 Å². The molecule has 0 radical (unpaired) electrons. The van der Waals surface area contributed by atoms with Crippen molar-refractivity contribution in [2.75, 3.05) is 12.0 Å². The monoisotopic (exact) mass is 449 g/mol. The Kier molecular flexibility index (Phi) is 6.46. The van der Waals surface area contributed by atoms with Gasteiger partial charge in [-0.25, -0.2) is 4.79 Å². The van der Waals surface area contributed by atoms with Crippen LogP contribution < -0.4 is 14.4 Å². The molecule has 0 aromatic heterocycles. The van der Waals surface area contributed by atoms with Gasteiger partial charge in [0.15, 0.2) is 21.9 Å². The van der Waals surface area contributed by atoms with Gasteiger partial charge in [-0.15, -0.1) is 0 Å². The third-order valence-electron chi connectivity index (χ3n) is 4.02. The number of ether oxygens (including phenoxy) is 2. The number of nitrogens with zero attached hydrogens (tertiary/aromatic N) is 1. The standard InChI is InChI=1S/C20H16ClNO5S2/c1-11(19(24)25)27-15-8-7-12(9-16(15)26-2)10-17-18(23)22(20(28)29-17)14-6-4-3-5-13(14)21/h3-11H,1-2H3,(H,24,25)/b17-10+. The molecule has 29 heavy (non-hydrogen) atoms. The van der Waals surface area contributed by atoms with Crippen molar-refractivity contribution in [3.8, 4) is 11.5 Å². The molecule has 0 spiro atoms. The quantitative estimate of drug-likeness (QED) is 0.510. The van der Waals surface area contributed by atoms with Crippen molar-refractivity contribution in [3.05, 3.63) is 58.0 Å². The van der Waals surface area contributed by atoms with Crippen molar-refractivity contribution in [2.45, 2.75) is 13.0 Å². The number of amides is 1. The molecule has 2 aromatic carbocycles. The number of carboxylic acids is 1. The number of benzene rings is 2. The van der Waals surface area contributed by atoms with Crippen LogP contribution in [0.5, 0.6) is 11.5 Å². The van der Waals surface area contributed by atoms with Crippen LogP contribution in [0.15, 0.2) is 47.4 Å². The van der Waals surface area contributed by atoms with Crippen LogP contribution in [0, 0.1) is 0 Å². The molecule has 1 atom stereocenters. The van der Waals surface area contributed by atoms with E-state index in [1.807, 2.05) is 0 Å². The number of hydrogen-bond donors (Lipinski definition) is 1. The first-order chi connectivity index (χ1) is 13.8. The molecule has 1 saturated heterocycles. The average Bonchev–Trinajstić information content (AvgIpc) is 2.96. The highest BCUT2D eigenvalue weighted by Gasteiger charge is 2.34. The second-order valence-electron chi connectivity index (χ2n) is 5.98. The molecule has 0 aliphatic carbocycles. The summed E-state index contributed by atoms with van der Waals surface area (Å²) in [7, 11) is 1.45. The van der Waals surface area contributed by atoms with Crippen LogP contribution in [0.1, 0.15) is 12.5 Å². The maximum Gasteiger partial charge on any atom is 0.344 e. The lowest BCUT2D eigenvalue weighted by Gasteiger charge is -2.15. The smallest absolute Gasteiger partial charge is 0.344 e. The van der Waals surface area contributed by atoms with E-state index in [0.29, 0.717) is 37.0 Å². The van der Waals surface area contributed by atoms with Gasteiger partial charge >= 0.3 is 5.97 Å². The average molecular weight is 450 g/mol. The number of carbonyl (C=O) groups excluding carboxylic acids is 1. The summed E-state index contributed by atoms with van der Waals surface area (Å²) in [6, 6.07) is 11.9. The molecule has 1 aliphatic rings. The van der Waals surface area contributed by atoms with Crippen LogP contribution in [0.4, 0.5) is 5.69 Å². The predicted molar refractivity (Wildman–Crippen MR) is 118 cm³/mol. The van der Waals surface area contributed by atoms with Gasteiger partial charge in [-0.05, 0) is 42.8 Å². The highest BCUT2D eigenvalue weighted by Crippen LogP contribution is 2.39. The Hall–Kier alpha value is -2.55. The third-order valence-corrected chi connectivity index (χ3v) is 5.65. The summed E-state index contributed by atoms with van der Waals surface area (Å²) in [5.74, 6) is -0.706. The Morgan fingerprint density at radius 2 is 2.00 bits per heavy atom. The number of thiocarbonyl (C=S) groups is 1. The lowest BCUT2D eigenvalue weighted by Crippen LogP contribution is -2.27. The molecule has 1 unspecified atom stereocenters. The second kappa shape index (κ2) is 8.86. The first kappa shape index (κ1) is 21.2. The van der Waals surface area contributed by atoms with Crippen LogP contribution in [0.3, 0.4) is 0 Å². The summed E-state index contributed by atoms with van der Waals surface area (Å²) < 4.78 is 11.1. The number of thioether (sulfide) groups is 1. The van der Waals surface area contributed by atoms with Gasteiger partial charge in [-0.1, -0.05) is 53.8 Å². The van der Waals surface area contributed by atoms with E-state index in [-0.39, 0.29) is 5.91 Å². The molecule has 0 saturated carbocycles. The summed E-state index contributed by atoms with van der Waals surface area (Å²) in [6.07, 6.45) is 0.657. The fourth-order valence-corrected chi connectivity index (χ4v) is 4.08. The molecule has 1 aliphatic heterocycles. The Morgan fingerprint density at radius 1 is 1.28 bits per heavy atom. The maximum atomic E-state index is 12.9. The number of para-hydroxylation sites is 1. The molecular weight excluding hydrogens is 434 g/mol. The Morgan fingerprint density at radius 3 is 2.66 bits per heavy atom. The molecule has 0 bridgehead atoms. The fourth-order valence-electron chi connectivity index (χ4n) is 2.57. The number of methoxy groups -OCH3 is 1. The van der Waals surface area contributed by atoms with E-state index in [9.17, 15) is 9.59 Å². The van der Waals surface area contributed by atoms with Gasteiger partial charge in [-0.3, -0.25) is 9.69 Å². The van der Waals surface area contributed by atoms with Crippen LogP contribution in [-0.2, 0) is 9.59 Å².